The van der Waals surface area contributed by atoms with Crippen molar-refractivity contribution in [3.8, 4) is 55.6 Å². The molecule has 10 rings (SSSR count). The highest BCUT2D eigenvalue weighted by Crippen LogP contribution is 2.52. The lowest BCUT2D eigenvalue weighted by Gasteiger charge is -2.27. The maximum absolute atomic E-state index is 2.39. The minimum atomic E-state index is -0.0558. The molecule has 0 unspecified atom stereocenters. The number of hydrogen-bond donors (Lipinski definition) is 0. The standard InChI is InChI=1S/C55H41N/c1-55(2)52-26-9-8-23-51(52)54-50(25-13-27-53(54)55)44-20-11-21-47(37-44)56(46-34-30-41(31-35-46)49-24-12-17-40-16-6-7-22-48(40)49)45-32-28-39(29-33-45)43-19-10-18-42(36-43)38-14-4-3-5-15-38/h3-37H,1-2H3. The molecule has 1 aliphatic rings. The van der Waals surface area contributed by atoms with E-state index in [1.807, 2.05) is 0 Å². The van der Waals surface area contributed by atoms with Crippen LogP contribution in [-0.2, 0) is 5.41 Å². The molecule has 0 saturated carbocycles. The summed E-state index contributed by atoms with van der Waals surface area (Å²) in [6.07, 6.45) is 0. The van der Waals surface area contributed by atoms with E-state index in [0.717, 1.165) is 17.1 Å². The summed E-state index contributed by atoms with van der Waals surface area (Å²) in [6.45, 7) is 4.70. The second-order valence-corrected chi connectivity index (χ2v) is 15.4. The Kier molecular flexibility index (Phi) is 8.23. The number of fused-ring (bicyclic) bond motifs is 4. The molecule has 266 valence electrons. The lowest BCUT2D eigenvalue weighted by Crippen LogP contribution is -2.14. The summed E-state index contributed by atoms with van der Waals surface area (Å²) in [7, 11) is 0. The smallest absolute Gasteiger partial charge is 0.0467 e. The van der Waals surface area contributed by atoms with E-state index in [4.69, 9.17) is 0 Å². The highest BCUT2D eigenvalue weighted by Gasteiger charge is 2.36. The van der Waals surface area contributed by atoms with Crippen LogP contribution in [0.3, 0.4) is 0 Å². The molecule has 0 aromatic heterocycles. The first kappa shape index (κ1) is 33.6. The first-order chi connectivity index (χ1) is 27.5. The van der Waals surface area contributed by atoms with Gasteiger partial charge in [-0.3, -0.25) is 0 Å². The fourth-order valence-electron chi connectivity index (χ4n) is 8.83. The molecule has 0 fully saturated rings. The van der Waals surface area contributed by atoms with Gasteiger partial charge in [0.05, 0.1) is 0 Å². The first-order valence-corrected chi connectivity index (χ1v) is 19.5. The first-order valence-electron chi connectivity index (χ1n) is 19.5. The summed E-state index contributed by atoms with van der Waals surface area (Å²) in [5.74, 6) is 0. The van der Waals surface area contributed by atoms with E-state index in [9.17, 15) is 0 Å². The van der Waals surface area contributed by atoms with Crippen molar-refractivity contribution in [1.82, 2.24) is 0 Å². The van der Waals surface area contributed by atoms with E-state index < -0.39 is 0 Å². The molecule has 0 aliphatic heterocycles. The van der Waals surface area contributed by atoms with Crippen LogP contribution in [0.4, 0.5) is 17.1 Å². The predicted octanol–water partition coefficient (Wildman–Crippen LogP) is 15.3. The van der Waals surface area contributed by atoms with Crippen LogP contribution in [0.25, 0.3) is 66.4 Å². The van der Waals surface area contributed by atoms with E-state index in [-0.39, 0.29) is 5.41 Å². The average molecular weight is 716 g/mol. The van der Waals surface area contributed by atoms with E-state index in [1.54, 1.807) is 0 Å². The molecule has 0 N–H and O–H groups in total. The Balaban J connectivity index is 1.08. The third-order valence-corrected chi connectivity index (χ3v) is 11.7. The summed E-state index contributed by atoms with van der Waals surface area (Å²) in [5, 5.41) is 2.51. The SMILES string of the molecule is CC1(C)c2ccccc2-c2c(-c3cccc(N(c4ccc(-c5cccc(-c6ccccc6)c5)cc4)c4ccc(-c5cccc6ccccc56)cc4)c3)cccc21. The summed E-state index contributed by atoms with van der Waals surface area (Å²) in [6, 6.07) is 77.5. The Morgan fingerprint density at radius 2 is 0.839 bits per heavy atom. The van der Waals surface area contributed by atoms with Crippen LogP contribution < -0.4 is 4.90 Å². The molecule has 56 heavy (non-hydrogen) atoms. The molecule has 0 radical (unpaired) electrons. The van der Waals surface area contributed by atoms with Gasteiger partial charge in [-0.2, -0.15) is 0 Å². The highest BCUT2D eigenvalue weighted by molar-refractivity contribution is 5.97. The largest absolute Gasteiger partial charge is 0.310 e. The van der Waals surface area contributed by atoms with E-state index in [0.29, 0.717) is 0 Å². The zero-order valence-corrected chi connectivity index (χ0v) is 31.7. The average Bonchev–Trinajstić information content (AvgIpc) is 3.50. The molecular formula is C55H41N. The van der Waals surface area contributed by atoms with Crippen molar-refractivity contribution < 1.29 is 0 Å². The molecular weight excluding hydrogens is 675 g/mol. The minimum absolute atomic E-state index is 0.0558. The van der Waals surface area contributed by atoms with Crippen molar-refractivity contribution >= 4 is 27.8 Å². The van der Waals surface area contributed by atoms with Gasteiger partial charge in [0.15, 0.2) is 0 Å². The zero-order valence-electron chi connectivity index (χ0n) is 31.7. The molecule has 0 amide bonds. The van der Waals surface area contributed by atoms with Gasteiger partial charge in [0.1, 0.15) is 0 Å². The van der Waals surface area contributed by atoms with Crippen molar-refractivity contribution in [3.63, 3.8) is 0 Å². The van der Waals surface area contributed by atoms with Crippen LogP contribution in [0.15, 0.2) is 212 Å². The van der Waals surface area contributed by atoms with Crippen LogP contribution in [0.1, 0.15) is 25.0 Å². The van der Waals surface area contributed by atoms with Crippen LogP contribution in [0.5, 0.6) is 0 Å². The van der Waals surface area contributed by atoms with Gasteiger partial charge in [0, 0.05) is 22.5 Å². The second-order valence-electron chi connectivity index (χ2n) is 15.4. The Bertz CT molecular complexity index is 2860. The molecule has 0 atom stereocenters. The summed E-state index contributed by atoms with van der Waals surface area (Å²) in [4.78, 5) is 2.39. The van der Waals surface area contributed by atoms with Gasteiger partial charge in [-0.1, -0.05) is 184 Å². The van der Waals surface area contributed by atoms with Crippen molar-refractivity contribution in [2.75, 3.05) is 4.90 Å². The maximum Gasteiger partial charge on any atom is 0.0467 e. The molecule has 9 aromatic rings. The third-order valence-electron chi connectivity index (χ3n) is 11.7. The summed E-state index contributed by atoms with van der Waals surface area (Å²) in [5.41, 5.74) is 18.5. The summed E-state index contributed by atoms with van der Waals surface area (Å²) < 4.78 is 0. The molecule has 0 heterocycles. The van der Waals surface area contributed by atoms with Crippen LogP contribution >= 0.6 is 0 Å². The third kappa shape index (κ3) is 5.81. The lowest BCUT2D eigenvalue weighted by atomic mass is 9.82. The Hall–Kier alpha value is -6.96. The number of hydrogen-bond acceptors (Lipinski definition) is 1. The van der Waals surface area contributed by atoms with Gasteiger partial charge < -0.3 is 4.90 Å². The molecule has 1 aliphatic carbocycles. The van der Waals surface area contributed by atoms with Crippen LogP contribution in [0.2, 0.25) is 0 Å². The number of rotatable bonds is 7. The van der Waals surface area contributed by atoms with Gasteiger partial charge in [0.25, 0.3) is 0 Å². The van der Waals surface area contributed by atoms with Crippen molar-refractivity contribution in [1.29, 1.82) is 0 Å². The Labute approximate surface area is 329 Å². The molecule has 0 saturated heterocycles. The van der Waals surface area contributed by atoms with Crippen molar-refractivity contribution in [3.05, 3.63) is 223 Å². The minimum Gasteiger partial charge on any atom is -0.310 e. The number of benzene rings is 9. The normalized spacial score (nSPS) is 12.6. The fraction of sp³-hybridized carbons (Fsp3) is 0.0545. The fourth-order valence-corrected chi connectivity index (χ4v) is 8.83. The van der Waals surface area contributed by atoms with Gasteiger partial charge in [-0.05, 0) is 120 Å². The molecule has 1 heteroatoms. The van der Waals surface area contributed by atoms with Crippen molar-refractivity contribution in [2.45, 2.75) is 19.3 Å². The second kappa shape index (κ2) is 13.7. The molecule has 0 spiro atoms. The Morgan fingerprint density at radius 1 is 0.321 bits per heavy atom. The monoisotopic (exact) mass is 715 g/mol. The molecule has 9 aromatic carbocycles. The lowest BCUT2D eigenvalue weighted by molar-refractivity contribution is 0.660. The van der Waals surface area contributed by atoms with Gasteiger partial charge in [0.2, 0.25) is 0 Å². The molecule has 0 bridgehead atoms. The highest BCUT2D eigenvalue weighted by atomic mass is 15.1. The van der Waals surface area contributed by atoms with E-state index in [2.05, 4.69) is 231 Å². The zero-order chi connectivity index (χ0) is 37.6. The maximum atomic E-state index is 2.39. The quantitative estimate of drug-likeness (QED) is 0.159. The van der Waals surface area contributed by atoms with Crippen LogP contribution in [-0.4, -0.2) is 0 Å². The van der Waals surface area contributed by atoms with Gasteiger partial charge in [-0.15, -0.1) is 0 Å². The van der Waals surface area contributed by atoms with E-state index in [1.165, 1.54) is 77.5 Å². The van der Waals surface area contributed by atoms with Gasteiger partial charge in [-0.25, -0.2) is 0 Å². The van der Waals surface area contributed by atoms with Crippen molar-refractivity contribution in [2.24, 2.45) is 0 Å². The number of anilines is 3. The van der Waals surface area contributed by atoms with Crippen LogP contribution in [0, 0.1) is 0 Å². The number of nitrogens with zero attached hydrogens (tertiary/aromatic N) is 1. The summed E-state index contributed by atoms with van der Waals surface area (Å²) >= 11 is 0. The van der Waals surface area contributed by atoms with Gasteiger partial charge >= 0.3 is 0 Å². The van der Waals surface area contributed by atoms with E-state index >= 15 is 0 Å². The Morgan fingerprint density at radius 3 is 1.62 bits per heavy atom. The molecule has 1 nitrogen and oxygen atoms in total. The topological polar surface area (TPSA) is 3.24 Å². The predicted molar refractivity (Wildman–Crippen MR) is 238 cm³/mol.